The molecule has 1 aliphatic rings. The van der Waals surface area contributed by atoms with Gasteiger partial charge in [-0.2, -0.15) is 0 Å². The summed E-state index contributed by atoms with van der Waals surface area (Å²) < 4.78 is 6.29. The van der Waals surface area contributed by atoms with Gasteiger partial charge in [0.05, 0.1) is 6.61 Å². The van der Waals surface area contributed by atoms with Gasteiger partial charge in [-0.3, -0.25) is 0 Å². The molecule has 0 aromatic heterocycles. The summed E-state index contributed by atoms with van der Waals surface area (Å²) in [6, 6.07) is 0. The smallest absolute Gasteiger partial charge is 0.0676 e. The van der Waals surface area contributed by atoms with E-state index in [0.717, 1.165) is 19.4 Å². The first-order chi connectivity index (χ1) is 4.83. The molecule has 0 saturated carbocycles. The van der Waals surface area contributed by atoms with E-state index in [1.807, 2.05) is 0 Å². The molecule has 0 saturated heterocycles. The number of hydrogen-bond donors (Lipinski definition) is 0. The third kappa shape index (κ3) is 2.27. The van der Waals surface area contributed by atoms with Gasteiger partial charge in [0.25, 0.3) is 0 Å². The van der Waals surface area contributed by atoms with E-state index in [0.29, 0.717) is 0 Å². The summed E-state index contributed by atoms with van der Waals surface area (Å²) in [7, 11) is 1.73. The molecule has 1 rings (SSSR count). The molecule has 1 nitrogen and oxygen atoms in total. The van der Waals surface area contributed by atoms with Crippen LogP contribution in [0.2, 0.25) is 0 Å². The molecule has 10 heavy (non-hydrogen) atoms. The van der Waals surface area contributed by atoms with E-state index in [1.54, 1.807) is 7.11 Å². The average molecular weight is 203 g/mol. The highest BCUT2D eigenvalue weighted by Gasteiger charge is 2.02. The Balaban J connectivity index is 2.47. The van der Waals surface area contributed by atoms with Gasteiger partial charge in [-0.15, -0.1) is 0 Å². The number of hydrogen-bond acceptors (Lipinski definition) is 1. The molecule has 0 bridgehead atoms. The summed E-state index contributed by atoms with van der Waals surface area (Å²) in [6.07, 6.45) is 6.47. The molecule has 56 valence electrons. The van der Waals surface area contributed by atoms with E-state index in [1.165, 1.54) is 10.1 Å². The van der Waals surface area contributed by atoms with Crippen molar-refractivity contribution in [1.82, 2.24) is 0 Å². The lowest BCUT2D eigenvalue weighted by molar-refractivity contribution is 0.223. The van der Waals surface area contributed by atoms with E-state index >= 15 is 0 Å². The molecule has 0 aliphatic heterocycles. The molecule has 1 aliphatic carbocycles. The van der Waals surface area contributed by atoms with Crippen LogP contribution in [0.25, 0.3) is 0 Å². The first kappa shape index (κ1) is 8.02. The van der Waals surface area contributed by atoms with Crippen molar-refractivity contribution in [2.75, 3.05) is 13.7 Å². The summed E-state index contributed by atoms with van der Waals surface area (Å²) in [5.41, 5.74) is 1.38. The zero-order chi connectivity index (χ0) is 7.40. The van der Waals surface area contributed by atoms with Crippen LogP contribution in [-0.2, 0) is 4.74 Å². The summed E-state index contributed by atoms with van der Waals surface area (Å²) in [6.45, 7) is 0.775. The van der Waals surface area contributed by atoms with Gasteiger partial charge in [0.15, 0.2) is 0 Å². The van der Waals surface area contributed by atoms with E-state index < -0.39 is 0 Å². The fourth-order valence-electron chi connectivity index (χ4n) is 0.961. The standard InChI is InChI=1S/C8H11BrO/c1-10-6-7-2-4-8(9)5-3-7/h2,4H,3,5-6H2,1H3. The molecule has 0 amide bonds. The zero-order valence-corrected chi connectivity index (χ0v) is 7.65. The molecule has 0 aromatic carbocycles. The zero-order valence-electron chi connectivity index (χ0n) is 6.06. The maximum absolute atomic E-state index is 5.00. The van der Waals surface area contributed by atoms with Gasteiger partial charge in [-0.05, 0) is 22.9 Å². The van der Waals surface area contributed by atoms with Crippen LogP contribution in [0.3, 0.4) is 0 Å². The fraction of sp³-hybridized carbons (Fsp3) is 0.500. The van der Waals surface area contributed by atoms with Crippen LogP contribution in [0.5, 0.6) is 0 Å². The number of rotatable bonds is 2. The highest BCUT2D eigenvalue weighted by Crippen LogP contribution is 2.22. The molecule has 0 heterocycles. The van der Waals surface area contributed by atoms with Gasteiger partial charge in [-0.25, -0.2) is 0 Å². The van der Waals surface area contributed by atoms with Gasteiger partial charge >= 0.3 is 0 Å². The maximum atomic E-state index is 5.00. The molecular formula is C8H11BrO. The van der Waals surface area contributed by atoms with Crippen LogP contribution in [-0.4, -0.2) is 13.7 Å². The Kier molecular flexibility index (Phi) is 3.16. The van der Waals surface area contributed by atoms with Gasteiger partial charge in [0, 0.05) is 7.11 Å². The van der Waals surface area contributed by atoms with Crippen LogP contribution in [0.4, 0.5) is 0 Å². The van der Waals surface area contributed by atoms with Crippen molar-refractivity contribution < 1.29 is 4.74 Å². The SMILES string of the molecule is COCC1=CC=C(Br)CC1. The highest BCUT2D eigenvalue weighted by atomic mass is 79.9. The minimum atomic E-state index is 0.775. The second-order valence-corrected chi connectivity index (χ2v) is 3.39. The third-order valence-electron chi connectivity index (χ3n) is 1.51. The van der Waals surface area contributed by atoms with Crippen molar-refractivity contribution in [3.8, 4) is 0 Å². The van der Waals surface area contributed by atoms with Crippen molar-refractivity contribution in [2.45, 2.75) is 12.8 Å². The van der Waals surface area contributed by atoms with Gasteiger partial charge in [0.2, 0.25) is 0 Å². The molecule has 0 aromatic rings. The van der Waals surface area contributed by atoms with E-state index in [-0.39, 0.29) is 0 Å². The Morgan fingerprint density at radius 3 is 2.80 bits per heavy atom. The summed E-state index contributed by atoms with van der Waals surface area (Å²) in [5.74, 6) is 0. The first-order valence-electron chi connectivity index (χ1n) is 3.36. The minimum Gasteiger partial charge on any atom is -0.380 e. The summed E-state index contributed by atoms with van der Waals surface area (Å²) in [5, 5.41) is 0. The molecule has 0 fully saturated rings. The quantitative estimate of drug-likeness (QED) is 0.670. The van der Waals surface area contributed by atoms with Crippen molar-refractivity contribution in [2.24, 2.45) is 0 Å². The summed E-state index contributed by atoms with van der Waals surface area (Å²) in [4.78, 5) is 0. The predicted molar refractivity (Wildman–Crippen MR) is 46.2 cm³/mol. The van der Waals surface area contributed by atoms with Crippen molar-refractivity contribution in [3.63, 3.8) is 0 Å². The Morgan fingerprint density at radius 1 is 1.50 bits per heavy atom. The molecule has 0 atom stereocenters. The average Bonchev–Trinajstić information content (AvgIpc) is 1.95. The van der Waals surface area contributed by atoms with Crippen LogP contribution >= 0.6 is 15.9 Å². The highest BCUT2D eigenvalue weighted by molar-refractivity contribution is 9.11. The number of methoxy groups -OCH3 is 1. The second-order valence-electron chi connectivity index (χ2n) is 2.37. The first-order valence-corrected chi connectivity index (χ1v) is 4.15. The lowest BCUT2D eigenvalue weighted by atomic mass is 10.1. The maximum Gasteiger partial charge on any atom is 0.0676 e. The van der Waals surface area contributed by atoms with Crippen LogP contribution in [0.15, 0.2) is 22.2 Å². The van der Waals surface area contributed by atoms with E-state index in [2.05, 4.69) is 28.1 Å². The Bertz CT molecular complexity index is 166. The normalized spacial score (nSPS) is 18.2. The molecule has 0 N–H and O–H groups in total. The molecule has 0 unspecified atom stereocenters. The number of ether oxygens (including phenoxy) is 1. The molecule has 0 spiro atoms. The summed E-state index contributed by atoms with van der Waals surface area (Å²) >= 11 is 3.44. The van der Waals surface area contributed by atoms with Gasteiger partial charge in [0.1, 0.15) is 0 Å². The second kappa shape index (κ2) is 3.94. The monoisotopic (exact) mass is 202 g/mol. The Morgan fingerprint density at radius 2 is 2.30 bits per heavy atom. The molecule has 0 radical (unpaired) electrons. The molecule has 2 heteroatoms. The fourth-order valence-corrected chi connectivity index (χ4v) is 1.29. The van der Waals surface area contributed by atoms with Crippen LogP contribution in [0, 0.1) is 0 Å². The third-order valence-corrected chi connectivity index (χ3v) is 2.18. The van der Waals surface area contributed by atoms with Crippen LogP contribution < -0.4 is 0 Å². The van der Waals surface area contributed by atoms with Gasteiger partial charge < -0.3 is 4.74 Å². The van der Waals surface area contributed by atoms with E-state index in [4.69, 9.17) is 4.74 Å². The lowest BCUT2D eigenvalue weighted by Gasteiger charge is -2.09. The Labute approximate surface area is 69.9 Å². The predicted octanol–water partition coefficient (Wildman–Crippen LogP) is 2.63. The topological polar surface area (TPSA) is 9.23 Å². The van der Waals surface area contributed by atoms with Crippen molar-refractivity contribution >= 4 is 15.9 Å². The minimum absolute atomic E-state index is 0.775. The van der Waals surface area contributed by atoms with Crippen LogP contribution in [0.1, 0.15) is 12.8 Å². The van der Waals surface area contributed by atoms with Crippen molar-refractivity contribution in [3.05, 3.63) is 22.2 Å². The number of halogens is 1. The molecular weight excluding hydrogens is 192 g/mol. The lowest BCUT2D eigenvalue weighted by Crippen LogP contribution is -1.97. The van der Waals surface area contributed by atoms with Gasteiger partial charge in [-0.1, -0.05) is 28.1 Å². The number of allylic oxidation sites excluding steroid dienone is 3. The Hall–Kier alpha value is -0.0800. The van der Waals surface area contributed by atoms with E-state index in [9.17, 15) is 0 Å². The van der Waals surface area contributed by atoms with Crippen molar-refractivity contribution in [1.29, 1.82) is 0 Å². The largest absolute Gasteiger partial charge is 0.380 e.